The minimum atomic E-state index is -1.28. The van der Waals surface area contributed by atoms with Gasteiger partial charge in [-0.15, -0.1) is 0 Å². The molecule has 0 heterocycles. The van der Waals surface area contributed by atoms with Gasteiger partial charge in [0, 0.05) is 4.47 Å². The molecular formula is C12H14BrNO5. The van der Waals surface area contributed by atoms with Crippen LogP contribution in [0.4, 0.5) is 0 Å². The molecule has 0 bridgehead atoms. The van der Waals surface area contributed by atoms with E-state index in [1.807, 2.05) is 6.07 Å². The Balaban J connectivity index is 2.33. The molecule has 1 unspecified atom stereocenters. The number of hydrogen-bond donors (Lipinski definition) is 3. The lowest BCUT2D eigenvalue weighted by molar-refractivity contribution is -0.143. The summed E-state index contributed by atoms with van der Waals surface area (Å²) in [6.45, 7) is -0.520. The zero-order chi connectivity index (χ0) is 14.3. The SMILES string of the molecule is O=C(CCOc1cccc(Br)c1)NC(CO)C(=O)O. The molecule has 1 aromatic carbocycles. The quantitative estimate of drug-likeness (QED) is 0.686. The summed E-state index contributed by atoms with van der Waals surface area (Å²) in [4.78, 5) is 22.0. The third-order valence-corrected chi connectivity index (χ3v) is 2.70. The topological polar surface area (TPSA) is 95.9 Å². The third-order valence-electron chi connectivity index (χ3n) is 2.21. The van der Waals surface area contributed by atoms with Crippen molar-refractivity contribution in [3.05, 3.63) is 28.7 Å². The molecule has 0 aliphatic rings. The van der Waals surface area contributed by atoms with Gasteiger partial charge in [-0.25, -0.2) is 4.79 Å². The number of benzene rings is 1. The third kappa shape index (κ3) is 5.71. The van der Waals surface area contributed by atoms with E-state index in [0.717, 1.165) is 4.47 Å². The number of nitrogens with one attached hydrogen (secondary N) is 1. The van der Waals surface area contributed by atoms with Crippen LogP contribution in [0.5, 0.6) is 5.75 Å². The highest BCUT2D eigenvalue weighted by atomic mass is 79.9. The first-order valence-electron chi connectivity index (χ1n) is 5.54. The van der Waals surface area contributed by atoms with Gasteiger partial charge in [0.2, 0.25) is 5.91 Å². The van der Waals surface area contributed by atoms with Crippen LogP contribution in [-0.2, 0) is 9.59 Å². The van der Waals surface area contributed by atoms with Crippen LogP contribution in [0.25, 0.3) is 0 Å². The van der Waals surface area contributed by atoms with Gasteiger partial charge < -0.3 is 20.3 Å². The van der Waals surface area contributed by atoms with Crippen LogP contribution in [0.15, 0.2) is 28.7 Å². The Labute approximate surface area is 118 Å². The van der Waals surface area contributed by atoms with E-state index in [-0.39, 0.29) is 13.0 Å². The lowest BCUT2D eigenvalue weighted by Gasteiger charge is -2.12. The van der Waals surface area contributed by atoms with Gasteiger partial charge in [0.05, 0.1) is 19.6 Å². The number of carboxylic acids is 1. The second-order valence-electron chi connectivity index (χ2n) is 3.70. The lowest BCUT2D eigenvalue weighted by atomic mass is 10.3. The number of hydrogen-bond acceptors (Lipinski definition) is 4. The second-order valence-corrected chi connectivity index (χ2v) is 4.61. The number of carbonyl (C=O) groups is 2. The molecule has 0 fully saturated rings. The molecule has 1 atom stereocenters. The summed E-state index contributed by atoms with van der Waals surface area (Å²) in [5, 5.41) is 19.6. The van der Waals surface area contributed by atoms with E-state index in [1.54, 1.807) is 18.2 Å². The minimum Gasteiger partial charge on any atom is -0.493 e. The number of carbonyl (C=O) groups excluding carboxylic acids is 1. The van der Waals surface area contributed by atoms with Crippen LogP contribution in [0.1, 0.15) is 6.42 Å². The van der Waals surface area contributed by atoms with Gasteiger partial charge in [0.15, 0.2) is 0 Å². The maximum atomic E-state index is 11.4. The Morgan fingerprint density at radius 3 is 2.74 bits per heavy atom. The van der Waals surface area contributed by atoms with Gasteiger partial charge in [0.1, 0.15) is 11.8 Å². The van der Waals surface area contributed by atoms with Gasteiger partial charge in [-0.1, -0.05) is 22.0 Å². The number of aliphatic carboxylic acids is 1. The largest absolute Gasteiger partial charge is 0.493 e. The predicted octanol–water partition coefficient (Wildman–Crippen LogP) is 0.780. The van der Waals surface area contributed by atoms with Gasteiger partial charge in [0.25, 0.3) is 0 Å². The summed E-state index contributed by atoms with van der Waals surface area (Å²) in [6, 6.07) is 5.87. The number of ether oxygens (including phenoxy) is 1. The number of aliphatic hydroxyl groups excluding tert-OH is 1. The van der Waals surface area contributed by atoms with E-state index in [9.17, 15) is 9.59 Å². The molecular weight excluding hydrogens is 318 g/mol. The molecule has 6 nitrogen and oxygen atoms in total. The first kappa shape index (κ1) is 15.5. The zero-order valence-corrected chi connectivity index (χ0v) is 11.6. The van der Waals surface area contributed by atoms with E-state index in [4.69, 9.17) is 14.9 Å². The minimum absolute atomic E-state index is 0.0102. The van der Waals surface area contributed by atoms with Crippen molar-refractivity contribution in [2.24, 2.45) is 0 Å². The molecule has 19 heavy (non-hydrogen) atoms. The number of carboxylic acid groups (broad SMARTS) is 1. The average molecular weight is 332 g/mol. The van der Waals surface area contributed by atoms with Crippen LogP contribution in [-0.4, -0.2) is 41.3 Å². The molecule has 1 aromatic rings. The van der Waals surface area contributed by atoms with Gasteiger partial charge in [-0.05, 0) is 18.2 Å². The molecule has 0 aliphatic heterocycles. The monoisotopic (exact) mass is 331 g/mol. The van der Waals surface area contributed by atoms with Crippen LogP contribution in [0.2, 0.25) is 0 Å². The first-order valence-corrected chi connectivity index (χ1v) is 6.33. The molecule has 1 rings (SSSR count). The number of halogens is 1. The Morgan fingerprint density at radius 2 is 2.16 bits per heavy atom. The molecule has 3 N–H and O–H groups in total. The maximum absolute atomic E-state index is 11.4. The van der Waals surface area contributed by atoms with Crippen molar-refractivity contribution in [1.29, 1.82) is 0 Å². The lowest BCUT2D eigenvalue weighted by Crippen LogP contribution is -2.43. The normalized spacial score (nSPS) is 11.7. The van der Waals surface area contributed by atoms with Crippen molar-refractivity contribution in [2.45, 2.75) is 12.5 Å². The van der Waals surface area contributed by atoms with Crippen LogP contribution >= 0.6 is 15.9 Å². The highest BCUT2D eigenvalue weighted by Crippen LogP contribution is 2.17. The summed E-state index contributed by atoms with van der Waals surface area (Å²) in [5.41, 5.74) is 0. The summed E-state index contributed by atoms with van der Waals surface area (Å²) >= 11 is 3.29. The molecule has 1 amide bonds. The van der Waals surface area contributed by atoms with E-state index in [1.165, 1.54) is 0 Å². The Kier molecular flexibility index (Phi) is 6.31. The summed E-state index contributed by atoms with van der Waals surface area (Å²) in [7, 11) is 0. The van der Waals surface area contributed by atoms with Crippen LogP contribution in [0, 0.1) is 0 Å². The molecule has 0 radical (unpaired) electrons. The zero-order valence-electron chi connectivity index (χ0n) is 10.0. The molecule has 0 saturated carbocycles. The molecule has 0 spiro atoms. The van der Waals surface area contributed by atoms with Gasteiger partial charge >= 0.3 is 5.97 Å². The Hall–Kier alpha value is -1.60. The smallest absolute Gasteiger partial charge is 0.328 e. The second kappa shape index (κ2) is 7.75. The molecule has 0 aliphatic carbocycles. The molecule has 104 valence electrons. The summed E-state index contributed by atoms with van der Waals surface area (Å²) in [6.07, 6.45) is 0.0102. The Bertz CT molecular complexity index is 452. The summed E-state index contributed by atoms with van der Waals surface area (Å²) in [5.74, 6) is -1.15. The molecule has 0 aromatic heterocycles. The van der Waals surface area contributed by atoms with Crippen LogP contribution in [0.3, 0.4) is 0 Å². The highest BCUT2D eigenvalue weighted by Gasteiger charge is 2.18. The highest BCUT2D eigenvalue weighted by molar-refractivity contribution is 9.10. The van der Waals surface area contributed by atoms with E-state index in [0.29, 0.717) is 5.75 Å². The number of amides is 1. The fourth-order valence-electron chi connectivity index (χ4n) is 1.27. The first-order chi connectivity index (χ1) is 9.02. The van der Waals surface area contributed by atoms with Crippen molar-refractivity contribution in [1.82, 2.24) is 5.32 Å². The number of aliphatic hydroxyl groups is 1. The fourth-order valence-corrected chi connectivity index (χ4v) is 1.65. The van der Waals surface area contributed by atoms with E-state index >= 15 is 0 Å². The van der Waals surface area contributed by atoms with Crippen molar-refractivity contribution in [2.75, 3.05) is 13.2 Å². The van der Waals surface area contributed by atoms with Crippen molar-refractivity contribution < 1.29 is 24.5 Å². The van der Waals surface area contributed by atoms with E-state index < -0.39 is 24.5 Å². The van der Waals surface area contributed by atoms with Gasteiger partial charge in [-0.2, -0.15) is 0 Å². The van der Waals surface area contributed by atoms with Crippen molar-refractivity contribution in [3.8, 4) is 5.75 Å². The summed E-state index contributed by atoms with van der Waals surface area (Å²) < 4.78 is 6.19. The fraction of sp³-hybridized carbons (Fsp3) is 0.333. The average Bonchev–Trinajstić information content (AvgIpc) is 2.35. The molecule has 0 saturated heterocycles. The van der Waals surface area contributed by atoms with Crippen molar-refractivity contribution >= 4 is 27.8 Å². The standard InChI is InChI=1S/C12H14BrNO5/c13-8-2-1-3-9(6-8)19-5-4-11(16)14-10(7-15)12(17)18/h1-3,6,10,15H,4-5,7H2,(H,14,16)(H,17,18). The van der Waals surface area contributed by atoms with Crippen molar-refractivity contribution in [3.63, 3.8) is 0 Å². The maximum Gasteiger partial charge on any atom is 0.328 e. The van der Waals surface area contributed by atoms with E-state index in [2.05, 4.69) is 21.2 Å². The van der Waals surface area contributed by atoms with Crippen LogP contribution < -0.4 is 10.1 Å². The van der Waals surface area contributed by atoms with Gasteiger partial charge in [-0.3, -0.25) is 4.79 Å². The number of rotatable bonds is 7. The Morgan fingerprint density at radius 1 is 1.42 bits per heavy atom. The molecule has 7 heteroatoms. The predicted molar refractivity (Wildman–Crippen MR) is 70.9 cm³/mol.